The Balaban J connectivity index is 1.00. The highest BCUT2D eigenvalue weighted by molar-refractivity contribution is 6.19. The van der Waals surface area contributed by atoms with Gasteiger partial charge in [0.15, 0.2) is 0 Å². The summed E-state index contributed by atoms with van der Waals surface area (Å²) >= 11 is 0. The zero-order chi connectivity index (χ0) is 40.5. The second-order valence-corrected chi connectivity index (χ2v) is 15.4. The van der Waals surface area contributed by atoms with Gasteiger partial charge < -0.3 is 4.90 Å². The van der Waals surface area contributed by atoms with E-state index in [1.165, 1.54) is 22.3 Å². The summed E-state index contributed by atoms with van der Waals surface area (Å²) in [6.45, 7) is 0. The number of rotatable bonds is 8. The number of hydrogen-bond donors (Lipinski definition) is 0. The van der Waals surface area contributed by atoms with Crippen LogP contribution in [0.4, 0.5) is 17.1 Å². The summed E-state index contributed by atoms with van der Waals surface area (Å²) in [5, 5.41) is 4.58. The molecule has 0 aliphatic heterocycles. The molecule has 3 heteroatoms. The molecular weight excluding hydrogens is 739 g/mol. The fourth-order valence-corrected chi connectivity index (χ4v) is 8.64. The zero-order valence-corrected chi connectivity index (χ0v) is 33.4. The SMILES string of the molecule is c1ccc(-c2ccc(N(c3ccc(-c4ccc5c(ccc6ccc7nc(-c8ccccc8)c(-c8ccccc8)nc7c65)c4)cc3)c3ccccc3-c3ccccc3)cc2)cc1. The van der Waals surface area contributed by atoms with Gasteiger partial charge in [-0.1, -0.05) is 194 Å². The van der Waals surface area contributed by atoms with Gasteiger partial charge in [0.1, 0.15) is 0 Å². The number of aromatic nitrogens is 2. The van der Waals surface area contributed by atoms with Crippen molar-refractivity contribution in [2.75, 3.05) is 4.90 Å². The van der Waals surface area contributed by atoms with Crippen LogP contribution in [0.5, 0.6) is 0 Å². The van der Waals surface area contributed by atoms with Crippen molar-refractivity contribution >= 4 is 49.6 Å². The Labute approximate surface area is 355 Å². The van der Waals surface area contributed by atoms with Crippen LogP contribution in [-0.4, -0.2) is 9.97 Å². The van der Waals surface area contributed by atoms with E-state index in [1.807, 2.05) is 12.1 Å². The largest absolute Gasteiger partial charge is 0.310 e. The van der Waals surface area contributed by atoms with Crippen LogP contribution in [0.15, 0.2) is 237 Å². The average Bonchev–Trinajstić information content (AvgIpc) is 3.35. The molecule has 3 nitrogen and oxygen atoms in total. The molecule has 0 saturated heterocycles. The number of benzene rings is 10. The maximum atomic E-state index is 5.44. The number of anilines is 3. The number of para-hydroxylation sites is 1. The molecule has 11 rings (SSSR count). The van der Waals surface area contributed by atoms with Crippen molar-refractivity contribution in [1.29, 1.82) is 0 Å². The maximum Gasteiger partial charge on any atom is 0.0979 e. The molecule has 0 saturated carbocycles. The van der Waals surface area contributed by atoms with Crippen LogP contribution in [-0.2, 0) is 0 Å². The maximum absolute atomic E-state index is 5.44. The van der Waals surface area contributed by atoms with E-state index in [2.05, 4.69) is 229 Å². The minimum Gasteiger partial charge on any atom is -0.310 e. The molecule has 0 fully saturated rings. The Kier molecular flexibility index (Phi) is 9.18. The molecule has 0 radical (unpaired) electrons. The van der Waals surface area contributed by atoms with Crippen LogP contribution in [0, 0.1) is 0 Å². The van der Waals surface area contributed by atoms with Crippen LogP contribution in [0.1, 0.15) is 0 Å². The third-order valence-electron chi connectivity index (χ3n) is 11.6. The van der Waals surface area contributed by atoms with Gasteiger partial charge in [-0.3, -0.25) is 0 Å². The van der Waals surface area contributed by atoms with Gasteiger partial charge in [-0.25, -0.2) is 9.97 Å². The van der Waals surface area contributed by atoms with Crippen molar-refractivity contribution in [2.45, 2.75) is 0 Å². The lowest BCUT2D eigenvalue weighted by atomic mass is 9.96. The smallest absolute Gasteiger partial charge is 0.0979 e. The molecule has 0 atom stereocenters. The molecule has 10 aromatic carbocycles. The summed E-state index contributed by atoms with van der Waals surface area (Å²) in [6.07, 6.45) is 0. The number of fused-ring (bicyclic) bond motifs is 5. The van der Waals surface area contributed by atoms with E-state index in [-0.39, 0.29) is 0 Å². The van der Waals surface area contributed by atoms with Gasteiger partial charge in [0.25, 0.3) is 0 Å². The van der Waals surface area contributed by atoms with E-state index in [0.29, 0.717) is 0 Å². The summed E-state index contributed by atoms with van der Waals surface area (Å²) in [5.74, 6) is 0. The molecule has 0 aliphatic carbocycles. The topological polar surface area (TPSA) is 29.0 Å². The van der Waals surface area contributed by atoms with E-state index in [1.54, 1.807) is 0 Å². The number of nitrogens with zero attached hydrogens (tertiary/aromatic N) is 3. The molecule has 11 aromatic rings. The van der Waals surface area contributed by atoms with Crippen molar-refractivity contribution < 1.29 is 0 Å². The summed E-state index contributed by atoms with van der Waals surface area (Å²) in [6, 6.07) is 84.0. The molecule has 1 aromatic heterocycles. The van der Waals surface area contributed by atoms with E-state index in [0.717, 1.165) is 83.3 Å². The van der Waals surface area contributed by atoms with E-state index >= 15 is 0 Å². The first kappa shape index (κ1) is 36.0. The molecule has 286 valence electrons. The van der Waals surface area contributed by atoms with Crippen LogP contribution in [0.2, 0.25) is 0 Å². The molecule has 61 heavy (non-hydrogen) atoms. The Bertz CT molecular complexity index is 3310. The van der Waals surface area contributed by atoms with Crippen molar-refractivity contribution in [1.82, 2.24) is 9.97 Å². The average molecular weight is 778 g/mol. The van der Waals surface area contributed by atoms with Gasteiger partial charge >= 0.3 is 0 Å². The van der Waals surface area contributed by atoms with Crippen LogP contribution < -0.4 is 4.90 Å². The molecule has 0 spiro atoms. The Morgan fingerprint density at radius 1 is 0.311 bits per heavy atom. The minimum atomic E-state index is 0.881. The fourth-order valence-electron chi connectivity index (χ4n) is 8.64. The van der Waals surface area contributed by atoms with Crippen LogP contribution >= 0.6 is 0 Å². The predicted molar refractivity (Wildman–Crippen MR) is 256 cm³/mol. The summed E-state index contributed by atoms with van der Waals surface area (Å²) in [4.78, 5) is 13.1. The second kappa shape index (κ2) is 15.6. The lowest BCUT2D eigenvalue weighted by Crippen LogP contribution is -2.11. The lowest BCUT2D eigenvalue weighted by Gasteiger charge is -2.28. The van der Waals surface area contributed by atoms with E-state index in [9.17, 15) is 0 Å². The fraction of sp³-hybridized carbons (Fsp3) is 0. The van der Waals surface area contributed by atoms with Gasteiger partial charge in [-0.15, -0.1) is 0 Å². The Morgan fingerprint density at radius 2 is 0.770 bits per heavy atom. The predicted octanol–water partition coefficient (Wildman–Crippen LogP) is 15.7. The van der Waals surface area contributed by atoms with Crippen molar-refractivity contribution in [3.05, 3.63) is 237 Å². The molecule has 0 aliphatic rings. The van der Waals surface area contributed by atoms with Crippen molar-refractivity contribution in [2.24, 2.45) is 0 Å². The van der Waals surface area contributed by atoms with Gasteiger partial charge in [0.05, 0.1) is 28.1 Å². The summed E-state index contributed by atoms with van der Waals surface area (Å²) in [7, 11) is 0. The minimum absolute atomic E-state index is 0.881. The molecule has 0 N–H and O–H groups in total. The molecule has 1 heterocycles. The van der Waals surface area contributed by atoms with Gasteiger partial charge in [-0.05, 0) is 86.4 Å². The Morgan fingerprint density at radius 3 is 1.39 bits per heavy atom. The van der Waals surface area contributed by atoms with E-state index < -0.39 is 0 Å². The molecule has 0 amide bonds. The van der Waals surface area contributed by atoms with Gasteiger partial charge in [0.2, 0.25) is 0 Å². The highest BCUT2D eigenvalue weighted by atomic mass is 15.1. The van der Waals surface area contributed by atoms with Crippen molar-refractivity contribution in [3.8, 4) is 55.9 Å². The standard InChI is InChI=1S/C58H39N3/c1-5-15-40(16-6-1)41-27-33-49(34-28-41)61(54-24-14-13-23-51(54)43-17-7-2-8-18-43)50-35-29-42(30-36-50)47-31-37-52-48(39-47)26-25-44-32-38-53-58(55(44)52)60-57(46-21-11-4-12-22-46)56(59-53)45-19-9-3-10-20-45/h1-39H. The summed E-state index contributed by atoms with van der Waals surface area (Å²) < 4.78 is 0. The van der Waals surface area contributed by atoms with Crippen LogP contribution in [0.25, 0.3) is 88.5 Å². The highest BCUT2D eigenvalue weighted by Gasteiger charge is 2.19. The second-order valence-electron chi connectivity index (χ2n) is 15.4. The zero-order valence-electron chi connectivity index (χ0n) is 33.4. The first-order valence-corrected chi connectivity index (χ1v) is 20.7. The molecule has 0 unspecified atom stereocenters. The monoisotopic (exact) mass is 777 g/mol. The quantitative estimate of drug-likeness (QED) is 0.144. The lowest BCUT2D eigenvalue weighted by molar-refractivity contribution is 1.28. The summed E-state index contributed by atoms with van der Waals surface area (Å²) in [5.41, 5.74) is 16.0. The van der Waals surface area contributed by atoms with Gasteiger partial charge in [-0.2, -0.15) is 0 Å². The molecule has 0 bridgehead atoms. The Hall–Kier alpha value is -8.14. The third kappa shape index (κ3) is 6.78. The molecular formula is C58H39N3. The number of hydrogen-bond acceptors (Lipinski definition) is 3. The van der Waals surface area contributed by atoms with E-state index in [4.69, 9.17) is 9.97 Å². The van der Waals surface area contributed by atoms with Crippen molar-refractivity contribution in [3.63, 3.8) is 0 Å². The third-order valence-corrected chi connectivity index (χ3v) is 11.6. The normalized spacial score (nSPS) is 11.3. The first-order valence-electron chi connectivity index (χ1n) is 20.7. The van der Waals surface area contributed by atoms with Gasteiger partial charge in [0, 0.05) is 33.5 Å². The highest BCUT2D eigenvalue weighted by Crippen LogP contribution is 2.42. The van der Waals surface area contributed by atoms with Crippen LogP contribution in [0.3, 0.4) is 0 Å². The first-order chi connectivity index (χ1) is 30.2.